The number of piperazine rings is 1. The van der Waals surface area contributed by atoms with Gasteiger partial charge in [0.15, 0.2) is 15.8 Å². The summed E-state index contributed by atoms with van der Waals surface area (Å²) in [6, 6.07) is 3.70. The van der Waals surface area contributed by atoms with Gasteiger partial charge < -0.3 is 10.2 Å². The summed E-state index contributed by atoms with van der Waals surface area (Å²) in [5, 5.41) is 19.5. The third-order valence-corrected chi connectivity index (χ3v) is 8.57. The van der Waals surface area contributed by atoms with E-state index in [0.717, 1.165) is 12.8 Å². The zero-order chi connectivity index (χ0) is 24.1. The van der Waals surface area contributed by atoms with Crippen molar-refractivity contribution in [2.75, 3.05) is 24.5 Å². The highest BCUT2D eigenvalue weighted by molar-refractivity contribution is 7.89. The van der Waals surface area contributed by atoms with Crippen molar-refractivity contribution in [3.63, 3.8) is 0 Å². The van der Waals surface area contributed by atoms with Crippen LogP contribution in [0.5, 0.6) is 0 Å². The van der Waals surface area contributed by atoms with Crippen LogP contribution in [0, 0.1) is 11.3 Å². The number of nitrogens with zero attached hydrogens (tertiary/aromatic N) is 6. The second-order valence-electron chi connectivity index (χ2n) is 8.77. The lowest BCUT2D eigenvalue weighted by Crippen LogP contribution is -2.50. The van der Waals surface area contributed by atoms with Crippen LogP contribution in [-0.2, 0) is 10.0 Å². The standard InChI is InChI=1S/C20H22F2N8O2S2/c1-20(3-4-20)28-34(31,32)13-8-14(29-7-6-24-12(10-29)2-5-23)15-9-25-17(30(15)11-13)19-27-26-18(33-19)16(21)22/h8-9,11-12,16,24,28H,2-4,6-7,10H2,1H3/t12-/m0/s1. The maximum absolute atomic E-state index is 13.3. The third-order valence-electron chi connectivity index (χ3n) is 6.04. The first kappa shape index (κ1) is 23.0. The fraction of sp³-hybridized carbons (Fsp3) is 0.500. The van der Waals surface area contributed by atoms with Gasteiger partial charge in [-0.15, -0.1) is 10.2 Å². The summed E-state index contributed by atoms with van der Waals surface area (Å²) in [6.45, 7) is 3.58. The maximum Gasteiger partial charge on any atom is 0.291 e. The van der Waals surface area contributed by atoms with Gasteiger partial charge in [0.05, 0.1) is 29.9 Å². The monoisotopic (exact) mass is 508 g/mol. The van der Waals surface area contributed by atoms with Crippen LogP contribution in [0.1, 0.15) is 37.6 Å². The molecule has 0 bridgehead atoms. The number of nitrogens with one attached hydrogen (secondary N) is 2. The summed E-state index contributed by atoms with van der Waals surface area (Å²) in [5.74, 6) is 0.235. The van der Waals surface area contributed by atoms with Gasteiger partial charge >= 0.3 is 0 Å². The van der Waals surface area contributed by atoms with E-state index in [-0.39, 0.29) is 21.8 Å². The zero-order valence-electron chi connectivity index (χ0n) is 18.2. The Morgan fingerprint density at radius 1 is 1.41 bits per heavy atom. The first-order valence-electron chi connectivity index (χ1n) is 10.7. The highest BCUT2D eigenvalue weighted by Crippen LogP contribution is 2.37. The van der Waals surface area contributed by atoms with Crippen molar-refractivity contribution in [2.24, 2.45) is 0 Å². The molecular formula is C20H22F2N8O2S2. The minimum Gasteiger partial charge on any atom is -0.367 e. The molecule has 5 rings (SSSR count). The van der Waals surface area contributed by atoms with Gasteiger partial charge in [-0.2, -0.15) is 5.26 Å². The first-order chi connectivity index (χ1) is 16.2. The van der Waals surface area contributed by atoms with Crippen LogP contribution in [-0.4, -0.2) is 59.2 Å². The number of sulfonamides is 1. The van der Waals surface area contributed by atoms with Crippen molar-refractivity contribution < 1.29 is 17.2 Å². The molecule has 10 nitrogen and oxygen atoms in total. The zero-order valence-corrected chi connectivity index (χ0v) is 19.8. The number of nitriles is 1. The summed E-state index contributed by atoms with van der Waals surface area (Å²) >= 11 is 0.715. The molecule has 180 valence electrons. The van der Waals surface area contributed by atoms with E-state index >= 15 is 0 Å². The second-order valence-corrected chi connectivity index (χ2v) is 11.5. The number of alkyl halides is 2. The van der Waals surface area contributed by atoms with Gasteiger partial charge in [0.2, 0.25) is 10.0 Å². The van der Waals surface area contributed by atoms with E-state index in [2.05, 4.69) is 31.3 Å². The Balaban J connectivity index is 1.64. The molecule has 1 atom stereocenters. The molecule has 4 heterocycles. The molecule has 0 spiro atoms. The molecule has 1 aliphatic carbocycles. The lowest BCUT2D eigenvalue weighted by Gasteiger charge is -2.35. The van der Waals surface area contributed by atoms with E-state index in [1.165, 1.54) is 6.20 Å². The first-order valence-corrected chi connectivity index (χ1v) is 13.0. The van der Waals surface area contributed by atoms with Gasteiger partial charge in [0.1, 0.15) is 4.90 Å². The van der Waals surface area contributed by atoms with Crippen molar-refractivity contribution in [3.05, 3.63) is 23.5 Å². The van der Waals surface area contributed by atoms with Crippen LogP contribution in [0.25, 0.3) is 16.3 Å². The number of aromatic nitrogens is 4. The Morgan fingerprint density at radius 3 is 2.88 bits per heavy atom. The topological polar surface area (TPSA) is 128 Å². The molecule has 3 aromatic rings. The van der Waals surface area contributed by atoms with Crippen molar-refractivity contribution in [1.29, 1.82) is 5.26 Å². The number of hydrogen-bond donors (Lipinski definition) is 2. The Bertz CT molecular complexity index is 1380. The van der Waals surface area contributed by atoms with Crippen molar-refractivity contribution in [3.8, 4) is 16.9 Å². The predicted octanol–water partition coefficient (Wildman–Crippen LogP) is 2.31. The van der Waals surface area contributed by atoms with Crippen LogP contribution >= 0.6 is 11.3 Å². The molecule has 2 N–H and O–H groups in total. The smallest absolute Gasteiger partial charge is 0.291 e. The average Bonchev–Trinajstić information content (AvgIpc) is 3.18. The molecule has 2 aliphatic rings. The van der Waals surface area contributed by atoms with Crippen LogP contribution < -0.4 is 14.9 Å². The minimum absolute atomic E-state index is 0.0383. The number of imidazole rings is 1. The molecule has 0 amide bonds. The van der Waals surface area contributed by atoms with Crippen molar-refractivity contribution >= 4 is 32.6 Å². The summed E-state index contributed by atoms with van der Waals surface area (Å²) in [5.41, 5.74) is 0.771. The van der Waals surface area contributed by atoms with E-state index in [0.29, 0.717) is 48.6 Å². The Morgan fingerprint density at radius 2 is 2.21 bits per heavy atom. The molecular weight excluding hydrogens is 486 g/mol. The SMILES string of the molecule is CC1(NS(=O)(=O)c2cc(N3CCN[C@@H](CC#N)C3)c3cnc(-c4nnc(C(F)F)s4)n3c2)CC1. The van der Waals surface area contributed by atoms with Crippen LogP contribution in [0.2, 0.25) is 0 Å². The molecule has 0 radical (unpaired) electrons. The highest BCUT2D eigenvalue weighted by Gasteiger charge is 2.41. The van der Waals surface area contributed by atoms with Crippen LogP contribution in [0.15, 0.2) is 23.4 Å². The Kier molecular flexibility index (Phi) is 5.75. The number of fused-ring (bicyclic) bond motifs is 1. The fourth-order valence-electron chi connectivity index (χ4n) is 3.99. The Hall–Kier alpha value is -2.73. The second kappa shape index (κ2) is 8.49. The van der Waals surface area contributed by atoms with E-state index in [4.69, 9.17) is 5.26 Å². The fourth-order valence-corrected chi connectivity index (χ4v) is 6.16. The van der Waals surface area contributed by atoms with Crippen molar-refractivity contribution in [2.45, 2.75) is 49.1 Å². The molecule has 1 saturated carbocycles. The van der Waals surface area contributed by atoms with Gasteiger partial charge in [-0.3, -0.25) is 4.40 Å². The summed E-state index contributed by atoms with van der Waals surface area (Å²) in [4.78, 5) is 6.43. The normalized spacial score (nSPS) is 20.1. The average molecular weight is 509 g/mol. The number of hydrogen-bond acceptors (Lipinski definition) is 9. The quantitative estimate of drug-likeness (QED) is 0.498. The highest BCUT2D eigenvalue weighted by atomic mass is 32.2. The maximum atomic E-state index is 13.3. The number of halogens is 2. The van der Waals surface area contributed by atoms with Crippen molar-refractivity contribution in [1.82, 2.24) is 29.6 Å². The predicted molar refractivity (Wildman–Crippen MR) is 121 cm³/mol. The van der Waals surface area contributed by atoms with Gasteiger partial charge in [0.25, 0.3) is 6.43 Å². The summed E-state index contributed by atoms with van der Waals surface area (Å²) in [7, 11) is -3.86. The van der Waals surface area contributed by atoms with E-state index in [1.54, 1.807) is 16.7 Å². The Labute approximate surface area is 198 Å². The molecule has 34 heavy (non-hydrogen) atoms. The van der Waals surface area contributed by atoms with Crippen LogP contribution in [0.3, 0.4) is 0 Å². The molecule has 1 saturated heterocycles. The molecule has 0 aromatic carbocycles. The van der Waals surface area contributed by atoms with E-state index < -0.39 is 27.0 Å². The van der Waals surface area contributed by atoms with Gasteiger partial charge in [-0.1, -0.05) is 11.3 Å². The number of pyridine rings is 1. The van der Waals surface area contributed by atoms with E-state index in [1.807, 2.05) is 11.8 Å². The molecule has 2 fully saturated rings. The van der Waals surface area contributed by atoms with Gasteiger partial charge in [-0.05, 0) is 25.8 Å². The van der Waals surface area contributed by atoms with E-state index in [9.17, 15) is 17.2 Å². The molecule has 0 unspecified atom stereocenters. The lowest BCUT2D eigenvalue weighted by atomic mass is 10.1. The summed E-state index contributed by atoms with van der Waals surface area (Å²) in [6.07, 6.45) is 2.08. The third kappa shape index (κ3) is 4.36. The minimum atomic E-state index is -3.86. The molecule has 1 aliphatic heterocycles. The van der Waals surface area contributed by atoms with Gasteiger partial charge in [0, 0.05) is 37.4 Å². The number of anilines is 1. The van der Waals surface area contributed by atoms with Crippen LogP contribution in [0.4, 0.5) is 14.5 Å². The number of rotatable bonds is 7. The largest absolute Gasteiger partial charge is 0.367 e. The molecule has 3 aromatic heterocycles. The summed E-state index contributed by atoms with van der Waals surface area (Å²) < 4.78 is 57.0. The lowest BCUT2D eigenvalue weighted by molar-refractivity contribution is 0.150. The van der Waals surface area contributed by atoms with Gasteiger partial charge in [-0.25, -0.2) is 26.9 Å². The molecule has 14 heteroatoms.